The maximum absolute atomic E-state index is 11.3. The smallest absolute Gasteiger partial charge is 0.236 e. The average molecular weight is 184 g/mol. The van der Waals surface area contributed by atoms with E-state index in [1.54, 1.807) is 6.92 Å². The van der Waals surface area contributed by atoms with Crippen LogP contribution in [0.1, 0.15) is 39.5 Å². The van der Waals surface area contributed by atoms with E-state index < -0.39 is 0 Å². The topological polar surface area (TPSA) is 55.1 Å². The number of hydrogen-bond donors (Lipinski definition) is 2. The monoisotopic (exact) mass is 184 g/mol. The second kappa shape index (κ2) is 4.61. The van der Waals surface area contributed by atoms with Gasteiger partial charge in [0.05, 0.1) is 6.04 Å². The predicted octanol–water partition coefficient (Wildman–Crippen LogP) is 1.03. The number of carbonyl (C=O) groups is 1. The molecule has 0 radical (unpaired) electrons. The Hall–Kier alpha value is -0.570. The van der Waals surface area contributed by atoms with Crippen molar-refractivity contribution in [2.24, 2.45) is 11.7 Å². The van der Waals surface area contributed by atoms with E-state index in [0.717, 1.165) is 0 Å². The third-order valence-corrected chi connectivity index (χ3v) is 2.89. The third kappa shape index (κ3) is 2.99. The van der Waals surface area contributed by atoms with Gasteiger partial charge in [0.25, 0.3) is 0 Å². The number of amides is 1. The lowest BCUT2D eigenvalue weighted by Gasteiger charge is -2.21. The second-order valence-corrected chi connectivity index (χ2v) is 4.13. The van der Waals surface area contributed by atoms with Crippen molar-refractivity contribution in [1.82, 2.24) is 5.32 Å². The molecule has 1 aliphatic rings. The fraction of sp³-hybridized carbons (Fsp3) is 0.900. The van der Waals surface area contributed by atoms with Gasteiger partial charge in [-0.25, -0.2) is 0 Å². The molecule has 0 aliphatic heterocycles. The van der Waals surface area contributed by atoms with Crippen molar-refractivity contribution in [3.63, 3.8) is 0 Å². The first kappa shape index (κ1) is 10.5. The van der Waals surface area contributed by atoms with Crippen molar-refractivity contribution in [2.75, 3.05) is 0 Å². The molecule has 3 heteroatoms. The van der Waals surface area contributed by atoms with Crippen molar-refractivity contribution in [1.29, 1.82) is 0 Å². The zero-order valence-corrected chi connectivity index (χ0v) is 8.55. The summed E-state index contributed by atoms with van der Waals surface area (Å²) < 4.78 is 0. The molecule has 76 valence electrons. The predicted molar refractivity (Wildman–Crippen MR) is 53.2 cm³/mol. The molecule has 1 aliphatic carbocycles. The van der Waals surface area contributed by atoms with Crippen LogP contribution in [-0.2, 0) is 4.79 Å². The fourth-order valence-electron chi connectivity index (χ4n) is 1.93. The molecule has 13 heavy (non-hydrogen) atoms. The summed E-state index contributed by atoms with van der Waals surface area (Å²) >= 11 is 0. The SMILES string of the molecule is CC(N)C(=O)N[C@H](C)C1CCCC1. The van der Waals surface area contributed by atoms with Crippen LogP contribution in [0.15, 0.2) is 0 Å². The number of rotatable bonds is 3. The van der Waals surface area contributed by atoms with Crippen LogP contribution in [0.25, 0.3) is 0 Å². The van der Waals surface area contributed by atoms with Crippen molar-refractivity contribution in [3.05, 3.63) is 0 Å². The van der Waals surface area contributed by atoms with Crippen LogP contribution in [-0.4, -0.2) is 18.0 Å². The van der Waals surface area contributed by atoms with E-state index in [4.69, 9.17) is 5.73 Å². The van der Waals surface area contributed by atoms with Crippen LogP contribution in [0.5, 0.6) is 0 Å². The van der Waals surface area contributed by atoms with E-state index in [0.29, 0.717) is 12.0 Å². The van der Waals surface area contributed by atoms with Gasteiger partial charge in [0.15, 0.2) is 0 Å². The van der Waals surface area contributed by atoms with Gasteiger partial charge in [-0.15, -0.1) is 0 Å². The number of nitrogens with one attached hydrogen (secondary N) is 1. The molecule has 1 amide bonds. The maximum Gasteiger partial charge on any atom is 0.236 e. The molecule has 3 nitrogen and oxygen atoms in total. The Morgan fingerprint density at radius 2 is 1.92 bits per heavy atom. The molecule has 0 heterocycles. The first-order valence-corrected chi connectivity index (χ1v) is 5.17. The molecule has 2 atom stereocenters. The maximum atomic E-state index is 11.3. The van der Waals surface area contributed by atoms with Gasteiger partial charge in [0, 0.05) is 6.04 Å². The highest BCUT2D eigenvalue weighted by molar-refractivity contribution is 5.81. The Kier molecular flexibility index (Phi) is 3.72. The molecule has 1 unspecified atom stereocenters. The summed E-state index contributed by atoms with van der Waals surface area (Å²) in [6, 6.07) is -0.0927. The molecule has 1 fully saturated rings. The highest BCUT2D eigenvalue weighted by atomic mass is 16.2. The Balaban J connectivity index is 2.31. The van der Waals surface area contributed by atoms with Crippen molar-refractivity contribution < 1.29 is 4.79 Å². The Labute approximate surface area is 80.1 Å². The van der Waals surface area contributed by atoms with Crippen LogP contribution in [0.2, 0.25) is 0 Å². The molecule has 1 rings (SSSR count). The minimum absolute atomic E-state index is 0.0283. The van der Waals surface area contributed by atoms with Crippen LogP contribution >= 0.6 is 0 Å². The summed E-state index contributed by atoms with van der Waals surface area (Å²) in [6.45, 7) is 3.80. The van der Waals surface area contributed by atoms with Gasteiger partial charge in [-0.2, -0.15) is 0 Å². The summed E-state index contributed by atoms with van der Waals surface area (Å²) in [5.74, 6) is 0.641. The Bertz CT molecular complexity index is 174. The van der Waals surface area contributed by atoms with Gasteiger partial charge in [0.1, 0.15) is 0 Å². The van der Waals surface area contributed by atoms with Crippen LogP contribution < -0.4 is 11.1 Å². The summed E-state index contributed by atoms with van der Waals surface area (Å²) in [5, 5.41) is 2.96. The van der Waals surface area contributed by atoms with Crippen LogP contribution in [0.4, 0.5) is 0 Å². The fourth-order valence-corrected chi connectivity index (χ4v) is 1.93. The van der Waals surface area contributed by atoms with Crippen molar-refractivity contribution in [2.45, 2.75) is 51.6 Å². The molecular formula is C10H20N2O. The average Bonchev–Trinajstić information content (AvgIpc) is 2.55. The van der Waals surface area contributed by atoms with Gasteiger partial charge in [-0.1, -0.05) is 12.8 Å². The third-order valence-electron chi connectivity index (χ3n) is 2.89. The van der Waals surface area contributed by atoms with E-state index in [-0.39, 0.29) is 11.9 Å². The quantitative estimate of drug-likeness (QED) is 0.688. The van der Waals surface area contributed by atoms with Crippen molar-refractivity contribution >= 4 is 5.91 Å². The summed E-state index contributed by atoms with van der Waals surface area (Å²) in [5.41, 5.74) is 5.47. The van der Waals surface area contributed by atoms with Gasteiger partial charge in [-0.05, 0) is 32.6 Å². The van der Waals surface area contributed by atoms with Crippen molar-refractivity contribution in [3.8, 4) is 0 Å². The number of hydrogen-bond acceptors (Lipinski definition) is 2. The zero-order chi connectivity index (χ0) is 9.84. The van der Waals surface area contributed by atoms with Gasteiger partial charge >= 0.3 is 0 Å². The van der Waals surface area contributed by atoms with E-state index in [9.17, 15) is 4.79 Å². The molecule has 0 aromatic heterocycles. The summed E-state index contributed by atoms with van der Waals surface area (Å²) in [6.07, 6.45) is 5.12. The van der Waals surface area contributed by atoms with Gasteiger partial charge in [-0.3, -0.25) is 4.79 Å². The van der Waals surface area contributed by atoms with Gasteiger partial charge < -0.3 is 11.1 Å². The molecule has 0 saturated heterocycles. The lowest BCUT2D eigenvalue weighted by molar-refractivity contribution is -0.122. The highest BCUT2D eigenvalue weighted by Gasteiger charge is 2.23. The lowest BCUT2D eigenvalue weighted by Crippen LogP contribution is -2.45. The highest BCUT2D eigenvalue weighted by Crippen LogP contribution is 2.27. The van der Waals surface area contributed by atoms with Crippen LogP contribution in [0.3, 0.4) is 0 Å². The van der Waals surface area contributed by atoms with E-state index in [1.807, 2.05) is 0 Å². The largest absolute Gasteiger partial charge is 0.352 e. The lowest BCUT2D eigenvalue weighted by atomic mass is 9.99. The van der Waals surface area contributed by atoms with E-state index in [1.165, 1.54) is 25.7 Å². The normalized spacial score (nSPS) is 22.7. The zero-order valence-electron chi connectivity index (χ0n) is 8.55. The van der Waals surface area contributed by atoms with Crippen LogP contribution in [0, 0.1) is 5.92 Å². The molecule has 3 N–H and O–H groups in total. The van der Waals surface area contributed by atoms with E-state index in [2.05, 4.69) is 12.2 Å². The Morgan fingerprint density at radius 1 is 1.38 bits per heavy atom. The first-order chi connectivity index (χ1) is 6.11. The van der Waals surface area contributed by atoms with Gasteiger partial charge in [0.2, 0.25) is 5.91 Å². The minimum Gasteiger partial charge on any atom is -0.352 e. The molecule has 0 aromatic carbocycles. The summed E-state index contributed by atoms with van der Waals surface area (Å²) in [4.78, 5) is 11.3. The summed E-state index contributed by atoms with van der Waals surface area (Å²) in [7, 11) is 0. The first-order valence-electron chi connectivity index (χ1n) is 5.17. The number of carbonyl (C=O) groups excluding carboxylic acids is 1. The molecule has 1 saturated carbocycles. The molecule has 0 spiro atoms. The standard InChI is InChI=1S/C10H20N2O/c1-7(11)10(13)12-8(2)9-5-3-4-6-9/h7-9H,3-6,11H2,1-2H3,(H,12,13)/t7?,8-/m1/s1. The van der Waals surface area contributed by atoms with E-state index >= 15 is 0 Å². The number of nitrogens with two attached hydrogens (primary N) is 1. The molecule has 0 aromatic rings. The Morgan fingerprint density at radius 3 is 2.38 bits per heavy atom. The minimum atomic E-state index is -0.385. The second-order valence-electron chi connectivity index (χ2n) is 4.13. The molecule has 0 bridgehead atoms. The molecular weight excluding hydrogens is 164 g/mol.